The van der Waals surface area contributed by atoms with Crippen LogP contribution in [-0.2, 0) is 9.59 Å². The van der Waals surface area contributed by atoms with Crippen LogP contribution in [-0.4, -0.2) is 23.1 Å². The maximum atomic E-state index is 10.8. The van der Waals surface area contributed by atoms with Crippen LogP contribution >= 0.6 is 0 Å². The van der Waals surface area contributed by atoms with E-state index in [1.54, 1.807) is 24.3 Å². The van der Waals surface area contributed by atoms with Crippen LogP contribution in [0, 0.1) is 0 Å². The molecule has 5 heteroatoms. The van der Waals surface area contributed by atoms with Gasteiger partial charge in [-0.2, -0.15) is 0 Å². The SMILES string of the molecule is CC(=O)Nc1cccc(O[C@H](C)C(=O)O)c1. The summed E-state index contributed by atoms with van der Waals surface area (Å²) in [6, 6.07) is 6.57. The van der Waals surface area contributed by atoms with E-state index >= 15 is 0 Å². The van der Waals surface area contributed by atoms with Crippen molar-refractivity contribution in [3.8, 4) is 5.75 Å². The molecule has 0 heterocycles. The van der Waals surface area contributed by atoms with E-state index in [9.17, 15) is 9.59 Å². The molecule has 0 bridgehead atoms. The van der Waals surface area contributed by atoms with Crippen molar-refractivity contribution in [2.45, 2.75) is 20.0 Å². The van der Waals surface area contributed by atoms with Gasteiger partial charge in [-0.3, -0.25) is 4.79 Å². The second kappa shape index (κ2) is 5.16. The van der Waals surface area contributed by atoms with E-state index in [-0.39, 0.29) is 5.91 Å². The molecule has 5 nitrogen and oxygen atoms in total. The highest BCUT2D eigenvalue weighted by Gasteiger charge is 2.12. The summed E-state index contributed by atoms with van der Waals surface area (Å²) in [5, 5.41) is 11.2. The van der Waals surface area contributed by atoms with E-state index in [0.717, 1.165) is 0 Å². The summed E-state index contributed by atoms with van der Waals surface area (Å²) in [6.07, 6.45) is -0.924. The minimum Gasteiger partial charge on any atom is -0.479 e. The summed E-state index contributed by atoms with van der Waals surface area (Å²) in [5.74, 6) is -0.825. The smallest absolute Gasteiger partial charge is 0.344 e. The van der Waals surface area contributed by atoms with Crippen molar-refractivity contribution in [2.24, 2.45) is 0 Å². The number of ether oxygens (including phenoxy) is 1. The highest BCUT2D eigenvalue weighted by Crippen LogP contribution is 2.18. The van der Waals surface area contributed by atoms with Crippen LogP contribution in [0.4, 0.5) is 5.69 Å². The number of hydrogen-bond acceptors (Lipinski definition) is 3. The van der Waals surface area contributed by atoms with Gasteiger partial charge in [0.15, 0.2) is 6.10 Å². The molecule has 0 saturated heterocycles. The second-order valence-corrected chi connectivity index (χ2v) is 3.31. The molecule has 1 aromatic carbocycles. The highest BCUT2D eigenvalue weighted by molar-refractivity contribution is 5.88. The number of hydrogen-bond donors (Lipinski definition) is 2. The minimum absolute atomic E-state index is 0.191. The third-order valence-electron chi connectivity index (χ3n) is 1.82. The molecule has 1 atom stereocenters. The van der Waals surface area contributed by atoms with E-state index in [4.69, 9.17) is 9.84 Å². The number of carbonyl (C=O) groups is 2. The topological polar surface area (TPSA) is 75.6 Å². The Bertz CT molecular complexity index is 403. The van der Waals surface area contributed by atoms with Crippen molar-refractivity contribution in [2.75, 3.05) is 5.32 Å². The molecule has 1 aromatic rings. The first-order valence-corrected chi connectivity index (χ1v) is 4.76. The van der Waals surface area contributed by atoms with E-state index in [1.165, 1.54) is 13.8 Å². The molecule has 0 unspecified atom stereocenters. The fraction of sp³-hybridized carbons (Fsp3) is 0.273. The molecule has 0 saturated carbocycles. The number of carboxylic acids is 1. The Labute approximate surface area is 93.0 Å². The fourth-order valence-corrected chi connectivity index (χ4v) is 1.10. The van der Waals surface area contributed by atoms with Crippen molar-refractivity contribution in [3.05, 3.63) is 24.3 Å². The highest BCUT2D eigenvalue weighted by atomic mass is 16.5. The van der Waals surface area contributed by atoms with Crippen molar-refractivity contribution < 1.29 is 19.4 Å². The average Bonchev–Trinajstić information content (AvgIpc) is 2.16. The minimum atomic E-state index is -1.04. The van der Waals surface area contributed by atoms with Gasteiger partial charge in [-0.25, -0.2) is 4.79 Å². The summed E-state index contributed by atoms with van der Waals surface area (Å²) in [5.41, 5.74) is 0.572. The quantitative estimate of drug-likeness (QED) is 0.811. The first kappa shape index (κ1) is 12.0. The van der Waals surface area contributed by atoms with E-state index in [0.29, 0.717) is 11.4 Å². The summed E-state index contributed by atoms with van der Waals surface area (Å²) in [7, 11) is 0. The number of carbonyl (C=O) groups excluding carboxylic acids is 1. The Morgan fingerprint density at radius 1 is 1.44 bits per heavy atom. The molecule has 86 valence electrons. The van der Waals surface area contributed by atoms with Gasteiger partial charge in [-0.05, 0) is 19.1 Å². The van der Waals surface area contributed by atoms with Gasteiger partial charge in [-0.15, -0.1) is 0 Å². The summed E-state index contributed by atoms with van der Waals surface area (Å²) >= 11 is 0. The molecule has 0 radical (unpaired) electrons. The Morgan fingerprint density at radius 2 is 2.12 bits per heavy atom. The number of rotatable bonds is 4. The lowest BCUT2D eigenvalue weighted by molar-refractivity contribution is -0.144. The van der Waals surface area contributed by atoms with Crippen molar-refractivity contribution in [1.82, 2.24) is 0 Å². The number of amides is 1. The van der Waals surface area contributed by atoms with Gasteiger partial charge in [-0.1, -0.05) is 6.07 Å². The number of nitrogens with one attached hydrogen (secondary N) is 1. The zero-order chi connectivity index (χ0) is 12.1. The summed E-state index contributed by atoms with van der Waals surface area (Å²) < 4.78 is 5.15. The lowest BCUT2D eigenvalue weighted by atomic mass is 10.3. The van der Waals surface area contributed by atoms with Crippen LogP contribution < -0.4 is 10.1 Å². The first-order chi connectivity index (χ1) is 7.49. The van der Waals surface area contributed by atoms with Gasteiger partial charge in [0.2, 0.25) is 5.91 Å². The normalized spacial score (nSPS) is 11.6. The maximum absolute atomic E-state index is 10.8. The number of carboxylic acid groups (broad SMARTS) is 1. The summed E-state index contributed by atoms with van der Waals surface area (Å²) in [6.45, 7) is 2.83. The number of anilines is 1. The van der Waals surface area contributed by atoms with Crippen LogP contribution in [0.2, 0.25) is 0 Å². The lowest BCUT2D eigenvalue weighted by Gasteiger charge is -2.11. The Kier molecular flexibility index (Phi) is 3.88. The van der Waals surface area contributed by atoms with Gasteiger partial charge in [0, 0.05) is 18.7 Å². The van der Waals surface area contributed by atoms with Crippen LogP contribution in [0.15, 0.2) is 24.3 Å². The van der Waals surface area contributed by atoms with Crippen LogP contribution in [0.3, 0.4) is 0 Å². The molecule has 1 rings (SSSR count). The molecular formula is C11H13NO4. The lowest BCUT2D eigenvalue weighted by Crippen LogP contribution is -2.22. The zero-order valence-electron chi connectivity index (χ0n) is 9.06. The van der Waals surface area contributed by atoms with E-state index in [2.05, 4.69) is 5.32 Å². The maximum Gasteiger partial charge on any atom is 0.344 e. The third-order valence-corrected chi connectivity index (χ3v) is 1.82. The molecule has 0 aliphatic carbocycles. The predicted molar refractivity (Wildman–Crippen MR) is 58.5 cm³/mol. The number of benzene rings is 1. The van der Waals surface area contributed by atoms with Crippen LogP contribution in [0.25, 0.3) is 0 Å². The van der Waals surface area contributed by atoms with E-state index in [1.807, 2.05) is 0 Å². The second-order valence-electron chi connectivity index (χ2n) is 3.31. The van der Waals surface area contributed by atoms with Gasteiger partial charge >= 0.3 is 5.97 Å². The standard InChI is InChI=1S/C11H13NO4/c1-7(11(14)15)16-10-5-3-4-9(6-10)12-8(2)13/h3-7H,1-2H3,(H,12,13)(H,14,15)/t7-/m1/s1. The van der Waals surface area contributed by atoms with Gasteiger partial charge in [0.05, 0.1) is 0 Å². The van der Waals surface area contributed by atoms with Gasteiger partial charge in [0.1, 0.15) is 5.75 Å². The van der Waals surface area contributed by atoms with Gasteiger partial charge in [0.25, 0.3) is 0 Å². The van der Waals surface area contributed by atoms with Crippen molar-refractivity contribution in [3.63, 3.8) is 0 Å². The molecular weight excluding hydrogens is 210 g/mol. The van der Waals surface area contributed by atoms with Crippen LogP contribution in [0.1, 0.15) is 13.8 Å². The molecule has 0 aromatic heterocycles. The largest absolute Gasteiger partial charge is 0.479 e. The molecule has 16 heavy (non-hydrogen) atoms. The van der Waals surface area contributed by atoms with Crippen molar-refractivity contribution in [1.29, 1.82) is 0 Å². The van der Waals surface area contributed by atoms with Gasteiger partial charge < -0.3 is 15.2 Å². The van der Waals surface area contributed by atoms with Crippen LogP contribution in [0.5, 0.6) is 5.75 Å². The Hall–Kier alpha value is -2.04. The molecule has 0 fully saturated rings. The first-order valence-electron chi connectivity index (χ1n) is 4.76. The molecule has 0 aliphatic heterocycles. The fourth-order valence-electron chi connectivity index (χ4n) is 1.10. The molecule has 1 amide bonds. The average molecular weight is 223 g/mol. The Balaban J connectivity index is 2.74. The number of aliphatic carboxylic acids is 1. The van der Waals surface area contributed by atoms with Crippen molar-refractivity contribution >= 4 is 17.6 Å². The molecule has 0 aliphatic rings. The van der Waals surface area contributed by atoms with E-state index < -0.39 is 12.1 Å². The summed E-state index contributed by atoms with van der Waals surface area (Å²) in [4.78, 5) is 21.4. The predicted octanol–water partition coefficient (Wildman–Crippen LogP) is 1.50. The molecule has 2 N–H and O–H groups in total. The molecule has 0 spiro atoms. The zero-order valence-corrected chi connectivity index (χ0v) is 9.06. The third kappa shape index (κ3) is 3.61. The monoisotopic (exact) mass is 223 g/mol. The Morgan fingerprint density at radius 3 is 2.69 bits per heavy atom.